The summed E-state index contributed by atoms with van der Waals surface area (Å²) in [5, 5.41) is 0. The van der Waals surface area contributed by atoms with Crippen LogP contribution in [-0.2, 0) is 0 Å². The minimum atomic E-state index is -6.48. The molecule has 0 unspecified atom stereocenters. The van der Waals surface area contributed by atoms with E-state index in [2.05, 4.69) is 6.58 Å². The predicted molar refractivity (Wildman–Crippen MR) is 116 cm³/mol. The van der Waals surface area contributed by atoms with Gasteiger partial charge in [-0.05, 0) is 51.8 Å². The number of hydrogen-bond acceptors (Lipinski definition) is 0. The van der Waals surface area contributed by atoms with Crippen LogP contribution in [0.5, 0.6) is 0 Å². The highest BCUT2D eigenvalue weighted by Crippen LogP contribution is 2.53. The van der Waals surface area contributed by atoms with Crippen molar-refractivity contribution in [3.8, 4) is 0 Å². The van der Waals surface area contributed by atoms with Gasteiger partial charge >= 0.3 is 52.1 Å². The van der Waals surface area contributed by atoms with Crippen LogP contribution in [0.3, 0.4) is 0 Å². The molecule has 0 bridgehead atoms. The first-order valence-electron chi connectivity index (χ1n) is 8.62. The molecule has 29 heteroatoms. The van der Waals surface area contributed by atoms with Gasteiger partial charge in [-0.1, -0.05) is 7.43 Å². The molecule has 0 aliphatic rings. The fourth-order valence-electron chi connectivity index (χ4n) is 1.27. The Morgan fingerprint density at radius 3 is 0.756 bits per heavy atom. The van der Waals surface area contributed by atoms with Crippen LogP contribution in [0.25, 0.3) is 0 Å². The predicted octanol–water partition coefficient (Wildman–Crippen LogP) is 13.3. The van der Waals surface area contributed by atoms with E-state index < -0.39 is 80.7 Å². The van der Waals surface area contributed by atoms with Gasteiger partial charge in [0, 0.05) is 7.50 Å². The lowest BCUT2D eigenvalue weighted by Crippen LogP contribution is -2.55. The fraction of sp³-hybridized carbons (Fsp3) is 0.750. The van der Waals surface area contributed by atoms with Crippen molar-refractivity contribution >= 4 is 45.2 Å². The first-order valence-corrected chi connectivity index (χ1v) is 10.8. The van der Waals surface area contributed by atoms with Crippen LogP contribution in [-0.4, -0.2) is 56.0 Å². The summed E-state index contributed by atoms with van der Waals surface area (Å²) in [5.41, 5.74) is -11.9. The van der Waals surface area contributed by atoms with Crippen molar-refractivity contribution in [3.05, 3.63) is 24.8 Å². The first kappa shape index (κ1) is 53.5. The Hall–Kier alpha value is -0.950. The van der Waals surface area contributed by atoms with Crippen LogP contribution in [0.2, 0.25) is 0 Å². The van der Waals surface area contributed by atoms with Gasteiger partial charge in [-0.3, -0.25) is 0 Å². The molecule has 0 aliphatic heterocycles. The quantitative estimate of drug-likeness (QED) is 0.150. The maximum absolute atomic E-state index is 12.6. The molecule has 0 heterocycles. The average Bonchev–Trinajstić information content (AvgIpc) is 2.61. The molecule has 0 saturated carbocycles. The van der Waals surface area contributed by atoms with Gasteiger partial charge in [0.25, 0.3) is 16.1 Å². The van der Waals surface area contributed by atoms with Crippen LogP contribution < -0.4 is 0 Å². The van der Waals surface area contributed by atoms with Crippen molar-refractivity contribution in [3.63, 3.8) is 0 Å². The van der Waals surface area contributed by atoms with Crippen molar-refractivity contribution in [1.29, 1.82) is 0 Å². The molecular formula is C16H11F27I2. The van der Waals surface area contributed by atoms with Crippen molar-refractivity contribution in [1.82, 2.24) is 0 Å². The van der Waals surface area contributed by atoms with E-state index in [0.29, 0.717) is 0 Å². The Labute approximate surface area is 259 Å². The number of rotatable bonds is 3. The second-order valence-electron chi connectivity index (χ2n) is 6.64. The van der Waals surface area contributed by atoms with Gasteiger partial charge in [-0.15, -0.1) is 0 Å². The van der Waals surface area contributed by atoms with Gasteiger partial charge in [0.05, 0.1) is 6.42 Å². The van der Waals surface area contributed by atoms with Gasteiger partial charge in [-0.2, -0.15) is 105 Å². The number of allylic oxidation sites excluding steroid dienone is 1. The topological polar surface area (TPSA) is 0 Å². The summed E-state index contributed by atoms with van der Waals surface area (Å²) < 4.78 is 300. The summed E-state index contributed by atoms with van der Waals surface area (Å²) in [6.07, 6.45) is -47.7. The molecule has 0 aromatic heterocycles. The molecule has 0 spiro atoms. The minimum Gasteiger partial charge on any atom is -0.223 e. The van der Waals surface area contributed by atoms with Gasteiger partial charge in [-0.25, -0.2) is 13.2 Å². The molecule has 0 nitrogen and oxygen atoms in total. The number of halogens is 29. The summed E-state index contributed by atoms with van der Waals surface area (Å²) in [7, 11) is 0. The molecule has 0 aliphatic carbocycles. The lowest BCUT2D eigenvalue weighted by molar-refractivity contribution is -0.349. The fourth-order valence-corrected chi connectivity index (χ4v) is 1.80. The van der Waals surface area contributed by atoms with Gasteiger partial charge in [0.15, 0.2) is 0 Å². The van der Waals surface area contributed by atoms with Crippen molar-refractivity contribution < 1.29 is 120 Å². The Morgan fingerprint density at radius 2 is 0.711 bits per heavy atom. The van der Waals surface area contributed by atoms with E-state index >= 15 is 0 Å². The van der Waals surface area contributed by atoms with Crippen LogP contribution in [0.1, 0.15) is 15.3 Å². The van der Waals surface area contributed by atoms with E-state index in [4.69, 9.17) is 0 Å². The molecule has 0 N–H and O–H groups in total. The smallest absolute Gasteiger partial charge is 0.223 e. The Balaban J connectivity index is -0.000000122. The molecule has 278 valence electrons. The van der Waals surface area contributed by atoms with Crippen LogP contribution >= 0.6 is 45.2 Å². The minimum absolute atomic E-state index is 0. The van der Waals surface area contributed by atoms with E-state index in [1.54, 1.807) is 0 Å². The van der Waals surface area contributed by atoms with Crippen molar-refractivity contribution in [2.45, 2.75) is 69.8 Å². The molecule has 0 rings (SSSR count). The van der Waals surface area contributed by atoms with Crippen LogP contribution in [0.15, 0.2) is 24.8 Å². The van der Waals surface area contributed by atoms with Gasteiger partial charge < -0.3 is 0 Å². The first-order chi connectivity index (χ1) is 18.4. The maximum atomic E-state index is 12.6. The molecule has 0 aromatic rings. The average molecular weight is 971 g/mol. The molecule has 0 atom stereocenters. The lowest BCUT2D eigenvalue weighted by atomic mass is 10.0. The van der Waals surface area contributed by atoms with E-state index in [0.717, 1.165) is 0 Å². The van der Waals surface area contributed by atoms with Crippen LogP contribution in [0, 0.1) is 0 Å². The van der Waals surface area contributed by atoms with Crippen LogP contribution in [0.4, 0.5) is 119 Å². The Morgan fingerprint density at radius 1 is 0.489 bits per heavy atom. The highest BCUT2D eigenvalue weighted by atomic mass is 127. The normalized spacial score (nSPS) is 13.9. The second-order valence-corrected chi connectivity index (χ2v) is 9.70. The highest BCUT2D eigenvalue weighted by molar-refractivity contribution is 14.1. The molecule has 0 saturated heterocycles. The zero-order valence-electron chi connectivity index (χ0n) is 19.0. The zero-order chi connectivity index (χ0) is 37.6. The second kappa shape index (κ2) is 16.9. The van der Waals surface area contributed by atoms with E-state index in [1.165, 1.54) is 0 Å². The SMILES string of the molecule is C.C=C(F)F.FC(F)(F)C(F)(I)C(F)(F)F.FC(F)(I)CC(F)(C(F)(F)F)C(F)(F)F.FC(F)=CC(F)(C(F)(F)F)C(F)(F)F.[2HH]. The summed E-state index contributed by atoms with van der Waals surface area (Å²) in [6.45, 7) is 2.22. The van der Waals surface area contributed by atoms with Crippen molar-refractivity contribution in [2.24, 2.45) is 0 Å². The van der Waals surface area contributed by atoms with Crippen molar-refractivity contribution in [2.75, 3.05) is 0 Å². The summed E-state index contributed by atoms with van der Waals surface area (Å²) in [6, 6.07) is 0. The molecule has 0 fully saturated rings. The van der Waals surface area contributed by atoms with Gasteiger partial charge in [0.1, 0.15) is 0 Å². The van der Waals surface area contributed by atoms with Gasteiger partial charge in [0.2, 0.25) is 0 Å². The number of alkyl halides is 25. The summed E-state index contributed by atoms with van der Waals surface area (Å²) in [4.78, 5) is 0. The molecule has 0 aromatic carbocycles. The Kier molecular flexibility index (Phi) is 20.1. The van der Waals surface area contributed by atoms with E-state index in [1.807, 2.05) is 0 Å². The number of hydrogen-bond donors (Lipinski definition) is 0. The summed E-state index contributed by atoms with van der Waals surface area (Å²) >= 11 is -0.319. The van der Waals surface area contributed by atoms with E-state index in [9.17, 15) is 119 Å². The largest absolute Gasteiger partial charge is 0.441 e. The zero-order valence-corrected chi connectivity index (χ0v) is 23.3. The monoisotopic (exact) mass is 971 g/mol. The standard InChI is InChI=1S/C5H2F9I.C5HF9.C3F7I.C2H2F2.CH4.H2/c6-2(4(9,10)11,5(12,13)14)1-3(7,8)15;6-2(7)1-3(8,4(9,10)11)5(12,13)14;4-1(11,2(5,6)7)3(8,9)10;1-2(3)4;;/h1H2;1H;;1H2;1H4;1H/i;;;;;1+1. The summed E-state index contributed by atoms with van der Waals surface area (Å²) in [5.74, 6) is 0. The molecular weight excluding hydrogens is 959 g/mol. The Bertz CT molecular complexity index is 857. The third-order valence-electron chi connectivity index (χ3n) is 3.19. The molecule has 0 amide bonds. The van der Waals surface area contributed by atoms with E-state index in [-0.39, 0.29) is 54.0 Å². The lowest BCUT2D eigenvalue weighted by Gasteiger charge is -2.31. The third kappa shape index (κ3) is 17.7. The maximum Gasteiger partial charge on any atom is 0.441 e. The highest BCUT2D eigenvalue weighted by Gasteiger charge is 2.75. The molecule has 0 radical (unpaired) electrons. The molecule has 45 heavy (non-hydrogen) atoms. The third-order valence-corrected chi connectivity index (χ3v) is 4.79.